The maximum atomic E-state index is 12.2. The van der Waals surface area contributed by atoms with Gasteiger partial charge in [-0.3, -0.25) is 4.79 Å². The van der Waals surface area contributed by atoms with E-state index in [0.29, 0.717) is 12.7 Å². The van der Waals surface area contributed by atoms with Crippen LogP contribution in [0.1, 0.15) is 58.3 Å². The van der Waals surface area contributed by atoms with Crippen molar-refractivity contribution >= 4 is 5.91 Å². The third kappa shape index (κ3) is 4.74. The molecule has 0 aromatic rings. The van der Waals surface area contributed by atoms with Crippen molar-refractivity contribution in [3.05, 3.63) is 11.8 Å². The lowest BCUT2D eigenvalue weighted by atomic mass is 9.92. The van der Waals surface area contributed by atoms with Crippen molar-refractivity contribution in [3.8, 4) is 6.07 Å². The van der Waals surface area contributed by atoms with E-state index in [2.05, 4.69) is 5.32 Å². The second-order valence-electron chi connectivity index (χ2n) is 6.04. The maximum absolute atomic E-state index is 12.2. The van der Waals surface area contributed by atoms with Crippen molar-refractivity contribution in [2.75, 3.05) is 6.61 Å². The molecule has 2 saturated carbocycles. The van der Waals surface area contributed by atoms with E-state index in [9.17, 15) is 4.79 Å². The number of ether oxygens (including phenoxy) is 2. The molecule has 0 aromatic heterocycles. The lowest BCUT2D eigenvalue weighted by Crippen LogP contribution is -2.47. The second kappa shape index (κ2) is 8.79. The predicted molar refractivity (Wildman–Crippen MR) is 82.8 cm³/mol. The summed E-state index contributed by atoms with van der Waals surface area (Å²) in [5, 5.41) is 12.0. The second-order valence-corrected chi connectivity index (χ2v) is 6.04. The number of carbonyl (C=O) groups is 1. The molecule has 2 atom stereocenters. The van der Waals surface area contributed by atoms with Crippen LogP contribution in [-0.2, 0) is 14.3 Å². The fraction of sp³-hybridized carbons (Fsp3) is 0.765. The molecule has 0 spiro atoms. The molecule has 0 saturated heterocycles. The quantitative estimate of drug-likeness (QED) is 0.465. The highest BCUT2D eigenvalue weighted by atomic mass is 16.5. The highest BCUT2D eigenvalue weighted by Crippen LogP contribution is 2.28. The first-order valence-electron chi connectivity index (χ1n) is 8.42. The standard InChI is InChI=1S/C17H26N2O3/c1-2-21-12-13(11-18)17(20)19-15-9-5-6-10-16(15)22-14-7-3-4-8-14/h12,14-16H,2-10H2,1H3,(H,19,20). The van der Waals surface area contributed by atoms with Crippen LogP contribution >= 0.6 is 0 Å². The number of nitrogens with one attached hydrogen (secondary N) is 1. The van der Waals surface area contributed by atoms with E-state index in [1.54, 1.807) is 0 Å². The first kappa shape index (κ1) is 16.8. The molecule has 1 amide bonds. The van der Waals surface area contributed by atoms with Crippen LogP contribution in [0.4, 0.5) is 0 Å². The molecule has 5 nitrogen and oxygen atoms in total. The Hall–Kier alpha value is -1.54. The van der Waals surface area contributed by atoms with Gasteiger partial charge in [-0.05, 0) is 32.6 Å². The lowest BCUT2D eigenvalue weighted by molar-refractivity contribution is -0.120. The lowest BCUT2D eigenvalue weighted by Gasteiger charge is -2.34. The largest absolute Gasteiger partial charge is 0.500 e. The van der Waals surface area contributed by atoms with Gasteiger partial charge >= 0.3 is 0 Å². The fourth-order valence-corrected chi connectivity index (χ4v) is 3.24. The number of nitriles is 1. The molecule has 2 fully saturated rings. The predicted octanol–water partition coefficient (Wildman–Crippen LogP) is 2.82. The molecule has 2 aliphatic rings. The Morgan fingerprint density at radius 1 is 1.23 bits per heavy atom. The molecule has 2 rings (SSSR count). The van der Waals surface area contributed by atoms with E-state index in [4.69, 9.17) is 14.7 Å². The Kier molecular flexibility index (Phi) is 6.73. The van der Waals surface area contributed by atoms with E-state index < -0.39 is 0 Å². The monoisotopic (exact) mass is 306 g/mol. The van der Waals surface area contributed by atoms with Crippen LogP contribution in [0.5, 0.6) is 0 Å². The van der Waals surface area contributed by atoms with Crippen LogP contribution < -0.4 is 5.32 Å². The van der Waals surface area contributed by atoms with Crippen LogP contribution in [0.3, 0.4) is 0 Å². The van der Waals surface area contributed by atoms with Crippen LogP contribution in [0.25, 0.3) is 0 Å². The summed E-state index contributed by atoms with van der Waals surface area (Å²) in [5.41, 5.74) is 0.0204. The summed E-state index contributed by atoms with van der Waals surface area (Å²) in [6.45, 7) is 2.26. The van der Waals surface area contributed by atoms with Crippen molar-refractivity contribution < 1.29 is 14.3 Å². The average molecular weight is 306 g/mol. The molecule has 22 heavy (non-hydrogen) atoms. The molecular formula is C17H26N2O3. The van der Waals surface area contributed by atoms with Crippen LogP contribution in [0.15, 0.2) is 11.8 Å². The molecule has 5 heteroatoms. The zero-order chi connectivity index (χ0) is 15.8. The first-order valence-corrected chi connectivity index (χ1v) is 8.42. The maximum Gasteiger partial charge on any atom is 0.265 e. The number of amides is 1. The Bertz CT molecular complexity index is 436. The minimum atomic E-state index is -0.358. The summed E-state index contributed by atoms with van der Waals surface area (Å²) in [7, 11) is 0. The van der Waals surface area contributed by atoms with Crippen molar-refractivity contribution in [3.63, 3.8) is 0 Å². The highest BCUT2D eigenvalue weighted by molar-refractivity contribution is 5.97. The normalized spacial score (nSPS) is 26.5. The summed E-state index contributed by atoms with van der Waals surface area (Å²) in [5.74, 6) is -0.358. The molecule has 0 heterocycles. The van der Waals surface area contributed by atoms with Crippen LogP contribution in [0.2, 0.25) is 0 Å². The molecule has 2 aliphatic carbocycles. The Morgan fingerprint density at radius 3 is 2.59 bits per heavy atom. The van der Waals surface area contributed by atoms with Gasteiger partial charge in [-0.25, -0.2) is 0 Å². The topological polar surface area (TPSA) is 71.3 Å². The van der Waals surface area contributed by atoms with Gasteiger partial charge in [-0.2, -0.15) is 5.26 Å². The smallest absolute Gasteiger partial charge is 0.265 e. The van der Waals surface area contributed by atoms with E-state index >= 15 is 0 Å². The molecule has 0 bridgehead atoms. The number of nitrogens with zero attached hydrogens (tertiary/aromatic N) is 1. The summed E-state index contributed by atoms with van der Waals surface area (Å²) >= 11 is 0. The van der Waals surface area contributed by atoms with Crippen molar-refractivity contribution in [2.24, 2.45) is 0 Å². The van der Waals surface area contributed by atoms with Gasteiger partial charge in [0.1, 0.15) is 12.3 Å². The van der Waals surface area contributed by atoms with E-state index in [1.165, 1.54) is 19.1 Å². The molecule has 0 aliphatic heterocycles. The van der Waals surface area contributed by atoms with Gasteiger partial charge in [-0.1, -0.05) is 25.7 Å². The SMILES string of the molecule is CCOC=C(C#N)C(=O)NC1CCCCC1OC1CCCC1. The third-order valence-electron chi connectivity index (χ3n) is 4.42. The highest BCUT2D eigenvalue weighted by Gasteiger charge is 2.31. The minimum Gasteiger partial charge on any atom is -0.500 e. The number of hydrogen-bond donors (Lipinski definition) is 1. The Morgan fingerprint density at radius 2 is 1.91 bits per heavy atom. The summed E-state index contributed by atoms with van der Waals surface area (Å²) < 4.78 is 11.3. The summed E-state index contributed by atoms with van der Waals surface area (Å²) in [4.78, 5) is 12.2. The van der Waals surface area contributed by atoms with Gasteiger partial charge < -0.3 is 14.8 Å². The van der Waals surface area contributed by atoms with Gasteiger partial charge in [0.2, 0.25) is 0 Å². The summed E-state index contributed by atoms with van der Waals surface area (Å²) in [6.07, 6.45) is 10.5. The summed E-state index contributed by atoms with van der Waals surface area (Å²) in [6, 6.07) is 1.90. The molecule has 122 valence electrons. The number of hydrogen-bond acceptors (Lipinski definition) is 4. The van der Waals surface area contributed by atoms with Gasteiger partial charge in [-0.15, -0.1) is 0 Å². The fourth-order valence-electron chi connectivity index (χ4n) is 3.24. The number of carbonyl (C=O) groups excluding carboxylic acids is 1. The first-order chi connectivity index (χ1) is 10.7. The van der Waals surface area contributed by atoms with Crippen LogP contribution in [-0.4, -0.2) is 30.8 Å². The van der Waals surface area contributed by atoms with Crippen LogP contribution in [0, 0.1) is 11.3 Å². The van der Waals surface area contributed by atoms with Gasteiger partial charge in [0.15, 0.2) is 5.57 Å². The van der Waals surface area contributed by atoms with E-state index in [1.807, 2.05) is 13.0 Å². The molecule has 0 aromatic carbocycles. The van der Waals surface area contributed by atoms with Crippen molar-refractivity contribution in [1.29, 1.82) is 5.26 Å². The Balaban J connectivity index is 1.92. The van der Waals surface area contributed by atoms with E-state index in [0.717, 1.165) is 38.5 Å². The van der Waals surface area contributed by atoms with Gasteiger partial charge in [0.25, 0.3) is 5.91 Å². The molecule has 1 N–H and O–H groups in total. The zero-order valence-corrected chi connectivity index (χ0v) is 13.3. The average Bonchev–Trinajstić information content (AvgIpc) is 3.03. The number of rotatable bonds is 6. The molecule has 0 radical (unpaired) electrons. The minimum absolute atomic E-state index is 0.000210. The van der Waals surface area contributed by atoms with E-state index in [-0.39, 0.29) is 23.6 Å². The van der Waals surface area contributed by atoms with Gasteiger partial charge in [0, 0.05) is 0 Å². The van der Waals surface area contributed by atoms with Crippen molar-refractivity contribution in [2.45, 2.75) is 76.5 Å². The van der Waals surface area contributed by atoms with Gasteiger partial charge in [0.05, 0.1) is 24.9 Å². The molecule has 2 unspecified atom stereocenters. The zero-order valence-electron chi connectivity index (χ0n) is 13.3. The molecular weight excluding hydrogens is 280 g/mol. The third-order valence-corrected chi connectivity index (χ3v) is 4.42. The Labute approximate surface area is 132 Å². The van der Waals surface area contributed by atoms with Crippen molar-refractivity contribution in [1.82, 2.24) is 5.32 Å².